The molecule has 122 valence electrons. The number of amides is 1. The van der Waals surface area contributed by atoms with Gasteiger partial charge in [-0.1, -0.05) is 13.8 Å². The molecule has 1 rings (SSSR count). The van der Waals surface area contributed by atoms with Crippen LogP contribution in [0.5, 0.6) is 0 Å². The number of hydrogen-bond donors (Lipinski definition) is 1. The number of likely N-dealkylation sites (N-methyl/N-ethyl adjacent to an activating group) is 1. The Bertz CT molecular complexity index is 395. The maximum Gasteiger partial charge on any atom is 0.410 e. The number of carbonyl (C=O) groups is 2. The molecule has 0 unspecified atom stereocenters. The maximum absolute atomic E-state index is 12.0. The number of rotatable bonds is 5. The van der Waals surface area contributed by atoms with Crippen LogP contribution in [-0.2, 0) is 9.53 Å². The average Bonchev–Trinajstić information content (AvgIpc) is 2.18. The number of nitrogens with zero attached hydrogens (tertiary/aromatic N) is 2. The van der Waals surface area contributed by atoms with Crippen LogP contribution in [0.3, 0.4) is 0 Å². The number of carbonyl (C=O) groups excluding carboxylic acids is 1. The summed E-state index contributed by atoms with van der Waals surface area (Å²) < 4.78 is 5.32. The lowest BCUT2D eigenvalue weighted by Gasteiger charge is -2.54. The lowest BCUT2D eigenvalue weighted by molar-refractivity contribution is -0.145. The number of carboxylic acid groups (broad SMARTS) is 1. The van der Waals surface area contributed by atoms with E-state index < -0.39 is 17.1 Å². The molecule has 6 nitrogen and oxygen atoms in total. The Morgan fingerprint density at radius 3 is 2.24 bits per heavy atom. The van der Waals surface area contributed by atoms with E-state index in [1.807, 2.05) is 27.8 Å². The molecule has 0 aliphatic carbocycles. The van der Waals surface area contributed by atoms with Gasteiger partial charge in [-0.3, -0.25) is 9.69 Å². The molecular weight excluding hydrogens is 272 g/mol. The molecule has 0 atom stereocenters. The van der Waals surface area contributed by atoms with E-state index in [1.165, 1.54) is 0 Å². The van der Waals surface area contributed by atoms with Crippen molar-refractivity contribution in [1.82, 2.24) is 9.80 Å². The van der Waals surface area contributed by atoms with Crippen LogP contribution in [0.4, 0.5) is 4.79 Å². The zero-order chi connectivity index (χ0) is 16.4. The molecule has 1 saturated heterocycles. The van der Waals surface area contributed by atoms with Crippen molar-refractivity contribution in [2.45, 2.75) is 52.2 Å². The fourth-order valence-corrected chi connectivity index (χ4v) is 2.63. The first kappa shape index (κ1) is 17.8. The van der Waals surface area contributed by atoms with Crippen LogP contribution in [0, 0.1) is 5.92 Å². The lowest BCUT2D eigenvalue weighted by atomic mass is 9.84. The van der Waals surface area contributed by atoms with Crippen LogP contribution in [-0.4, -0.2) is 64.8 Å². The van der Waals surface area contributed by atoms with Gasteiger partial charge < -0.3 is 14.7 Å². The van der Waals surface area contributed by atoms with Gasteiger partial charge in [0.2, 0.25) is 0 Å². The zero-order valence-electron chi connectivity index (χ0n) is 14.0. The Kier molecular flexibility index (Phi) is 5.25. The summed E-state index contributed by atoms with van der Waals surface area (Å²) >= 11 is 0. The fourth-order valence-electron chi connectivity index (χ4n) is 2.63. The van der Waals surface area contributed by atoms with E-state index in [2.05, 4.69) is 18.7 Å². The van der Waals surface area contributed by atoms with Crippen LogP contribution in [0.1, 0.15) is 41.0 Å². The van der Waals surface area contributed by atoms with Crippen molar-refractivity contribution in [3.8, 4) is 0 Å². The molecule has 1 aliphatic heterocycles. The molecule has 0 aromatic heterocycles. The van der Waals surface area contributed by atoms with Gasteiger partial charge in [0.15, 0.2) is 0 Å². The van der Waals surface area contributed by atoms with E-state index in [-0.39, 0.29) is 12.5 Å². The van der Waals surface area contributed by atoms with Gasteiger partial charge in [0.25, 0.3) is 0 Å². The van der Waals surface area contributed by atoms with Gasteiger partial charge in [0, 0.05) is 19.6 Å². The third kappa shape index (κ3) is 4.88. The topological polar surface area (TPSA) is 70.1 Å². The summed E-state index contributed by atoms with van der Waals surface area (Å²) in [4.78, 5) is 26.8. The molecule has 1 N–H and O–H groups in total. The first-order valence-electron chi connectivity index (χ1n) is 7.36. The Balaban J connectivity index is 2.70. The summed E-state index contributed by atoms with van der Waals surface area (Å²) in [5, 5.41) is 9.15. The van der Waals surface area contributed by atoms with Crippen LogP contribution >= 0.6 is 0 Å². The second-order valence-electron chi connectivity index (χ2n) is 7.41. The highest BCUT2D eigenvalue weighted by Crippen LogP contribution is 2.32. The molecule has 0 spiro atoms. The minimum Gasteiger partial charge on any atom is -0.481 e. The zero-order valence-corrected chi connectivity index (χ0v) is 14.0. The molecule has 0 aromatic rings. The van der Waals surface area contributed by atoms with Crippen LogP contribution in [0.2, 0.25) is 0 Å². The van der Waals surface area contributed by atoms with Crippen LogP contribution < -0.4 is 0 Å². The van der Waals surface area contributed by atoms with Gasteiger partial charge in [0.05, 0.1) is 12.0 Å². The quantitative estimate of drug-likeness (QED) is 0.841. The minimum atomic E-state index is -0.838. The highest BCUT2D eigenvalue weighted by atomic mass is 16.6. The summed E-state index contributed by atoms with van der Waals surface area (Å²) in [5.74, 6) is -0.398. The Morgan fingerprint density at radius 1 is 1.33 bits per heavy atom. The van der Waals surface area contributed by atoms with Crippen molar-refractivity contribution >= 4 is 12.1 Å². The largest absolute Gasteiger partial charge is 0.481 e. The molecule has 0 aromatic carbocycles. The highest BCUT2D eigenvalue weighted by molar-refractivity contribution is 5.73. The van der Waals surface area contributed by atoms with E-state index in [9.17, 15) is 9.59 Å². The normalized spacial score (nSPS) is 17.8. The molecule has 1 heterocycles. The SMILES string of the molecule is CC(C)CN(C)C1(CC(=O)O)CN(C(=O)OC(C)(C)C)C1. The second kappa shape index (κ2) is 6.22. The predicted octanol–water partition coefficient (Wildman–Crippen LogP) is 2.04. The van der Waals surface area contributed by atoms with Crippen molar-refractivity contribution in [2.24, 2.45) is 5.92 Å². The van der Waals surface area contributed by atoms with Gasteiger partial charge in [0.1, 0.15) is 5.60 Å². The standard InChI is InChI=1S/C15H28N2O4/c1-11(2)8-16(6)15(7-12(18)19)9-17(10-15)13(20)21-14(3,4)5/h11H,7-10H2,1-6H3,(H,18,19). The summed E-state index contributed by atoms with van der Waals surface area (Å²) in [7, 11) is 1.93. The minimum absolute atomic E-state index is 0.0372. The summed E-state index contributed by atoms with van der Waals surface area (Å²) in [5.41, 5.74) is -1.01. The Hall–Kier alpha value is -1.30. The number of hydrogen-bond acceptors (Lipinski definition) is 4. The molecule has 0 radical (unpaired) electrons. The molecule has 21 heavy (non-hydrogen) atoms. The molecule has 6 heteroatoms. The van der Waals surface area contributed by atoms with Crippen molar-refractivity contribution in [3.63, 3.8) is 0 Å². The number of carboxylic acids is 1. The van der Waals surface area contributed by atoms with Crippen LogP contribution in [0.25, 0.3) is 0 Å². The van der Waals surface area contributed by atoms with Crippen molar-refractivity contribution in [1.29, 1.82) is 0 Å². The second-order valence-corrected chi connectivity index (χ2v) is 7.41. The van der Waals surface area contributed by atoms with Crippen molar-refractivity contribution in [3.05, 3.63) is 0 Å². The van der Waals surface area contributed by atoms with Gasteiger partial charge in [-0.05, 0) is 33.7 Å². The van der Waals surface area contributed by atoms with E-state index in [0.29, 0.717) is 19.0 Å². The first-order chi connectivity index (χ1) is 9.45. The highest BCUT2D eigenvalue weighted by Gasteiger charge is 2.50. The van der Waals surface area contributed by atoms with Crippen molar-refractivity contribution < 1.29 is 19.4 Å². The predicted molar refractivity (Wildman–Crippen MR) is 80.3 cm³/mol. The molecular formula is C15H28N2O4. The van der Waals surface area contributed by atoms with Crippen LogP contribution in [0.15, 0.2) is 0 Å². The Labute approximate surface area is 127 Å². The number of aliphatic carboxylic acids is 1. The van der Waals surface area contributed by atoms with Gasteiger partial charge in [-0.25, -0.2) is 4.79 Å². The van der Waals surface area contributed by atoms with E-state index >= 15 is 0 Å². The third-order valence-corrected chi connectivity index (χ3v) is 3.55. The van der Waals surface area contributed by atoms with E-state index in [4.69, 9.17) is 9.84 Å². The smallest absolute Gasteiger partial charge is 0.410 e. The molecule has 1 amide bonds. The summed E-state index contributed by atoms with van der Waals surface area (Å²) in [6.07, 6.45) is -0.336. The van der Waals surface area contributed by atoms with Gasteiger partial charge >= 0.3 is 12.1 Å². The lowest BCUT2D eigenvalue weighted by Crippen LogP contribution is -2.71. The van der Waals surface area contributed by atoms with Gasteiger partial charge in [-0.2, -0.15) is 0 Å². The number of ether oxygens (including phenoxy) is 1. The Morgan fingerprint density at radius 2 is 1.86 bits per heavy atom. The summed E-state index contributed by atoms with van der Waals surface area (Å²) in [6, 6.07) is 0. The molecule has 1 aliphatic rings. The number of likely N-dealkylation sites (tertiary alicyclic amines) is 1. The summed E-state index contributed by atoms with van der Waals surface area (Å²) in [6.45, 7) is 11.2. The molecule has 0 bridgehead atoms. The maximum atomic E-state index is 12.0. The van der Waals surface area contributed by atoms with E-state index in [0.717, 1.165) is 6.54 Å². The van der Waals surface area contributed by atoms with Gasteiger partial charge in [-0.15, -0.1) is 0 Å². The molecule has 1 fully saturated rings. The van der Waals surface area contributed by atoms with E-state index in [1.54, 1.807) is 4.90 Å². The van der Waals surface area contributed by atoms with Crippen molar-refractivity contribution in [2.75, 3.05) is 26.7 Å². The fraction of sp³-hybridized carbons (Fsp3) is 0.867. The third-order valence-electron chi connectivity index (χ3n) is 3.55. The monoisotopic (exact) mass is 300 g/mol. The first-order valence-corrected chi connectivity index (χ1v) is 7.36. The molecule has 0 saturated carbocycles. The average molecular weight is 300 g/mol.